The summed E-state index contributed by atoms with van der Waals surface area (Å²) in [6, 6.07) is 0. The number of esters is 2. The van der Waals surface area contributed by atoms with Crippen LogP contribution in [0.3, 0.4) is 0 Å². The summed E-state index contributed by atoms with van der Waals surface area (Å²) in [5.41, 5.74) is -0.674. The van der Waals surface area contributed by atoms with Crippen molar-refractivity contribution in [2.75, 3.05) is 13.2 Å². The van der Waals surface area contributed by atoms with E-state index in [1.54, 1.807) is 13.8 Å². The second-order valence-electron chi connectivity index (χ2n) is 4.64. The summed E-state index contributed by atoms with van der Waals surface area (Å²) >= 11 is 0. The van der Waals surface area contributed by atoms with E-state index < -0.39 is 23.6 Å². The first-order valence-electron chi connectivity index (χ1n) is 6.11. The number of carbonyl (C=O) groups excluding carboxylic acids is 2. The first-order valence-corrected chi connectivity index (χ1v) is 6.11. The quantitative estimate of drug-likeness (QED) is 0.365. The van der Waals surface area contributed by atoms with Gasteiger partial charge in [-0.25, -0.2) is 9.59 Å². The molecule has 0 fully saturated rings. The minimum absolute atomic E-state index is 0.0522. The van der Waals surface area contributed by atoms with E-state index in [9.17, 15) is 9.59 Å². The highest BCUT2D eigenvalue weighted by Gasteiger charge is 2.34. The molecule has 0 radical (unpaired) electrons. The Morgan fingerprint density at radius 2 is 1.79 bits per heavy atom. The summed E-state index contributed by atoms with van der Waals surface area (Å²) in [6.45, 7) is 12.6. The molecule has 1 unspecified atom stereocenters. The molecular weight excluding hydrogens is 248 g/mol. The number of hydrogen-bond acceptors (Lipinski definition) is 5. The molecule has 0 amide bonds. The van der Waals surface area contributed by atoms with Crippen LogP contribution in [0, 0.1) is 5.41 Å². The Bertz CT molecular complexity index is 333. The second-order valence-corrected chi connectivity index (χ2v) is 4.64. The third-order valence-electron chi connectivity index (χ3n) is 2.25. The van der Waals surface area contributed by atoms with E-state index in [1.165, 1.54) is 0 Å². The van der Waals surface area contributed by atoms with Crippen LogP contribution in [-0.2, 0) is 23.8 Å². The second kappa shape index (κ2) is 8.48. The van der Waals surface area contributed by atoms with Gasteiger partial charge >= 0.3 is 11.9 Å². The molecule has 0 aliphatic carbocycles. The number of hydrogen-bond donors (Lipinski definition) is 0. The van der Waals surface area contributed by atoms with Gasteiger partial charge in [0.15, 0.2) is 0 Å². The summed E-state index contributed by atoms with van der Waals surface area (Å²) in [6.07, 6.45) is 2.11. The maximum Gasteiger partial charge on any atom is 0.332 e. The molecular formula is C14H22O5. The van der Waals surface area contributed by atoms with E-state index in [0.29, 0.717) is 6.61 Å². The largest absolute Gasteiger partial charge is 0.462 e. The van der Waals surface area contributed by atoms with Crippen LogP contribution in [0.1, 0.15) is 27.2 Å². The molecule has 0 aromatic heterocycles. The van der Waals surface area contributed by atoms with E-state index in [-0.39, 0.29) is 6.61 Å². The van der Waals surface area contributed by atoms with Gasteiger partial charge in [0.05, 0.1) is 12.0 Å². The first-order chi connectivity index (χ1) is 8.87. The van der Waals surface area contributed by atoms with Crippen molar-refractivity contribution in [1.29, 1.82) is 0 Å². The molecule has 0 saturated carbocycles. The monoisotopic (exact) mass is 270 g/mol. The van der Waals surface area contributed by atoms with Crippen LogP contribution in [0.2, 0.25) is 0 Å². The lowest BCUT2D eigenvalue weighted by Gasteiger charge is -2.32. The van der Waals surface area contributed by atoms with Gasteiger partial charge in [-0.15, -0.1) is 0 Å². The van der Waals surface area contributed by atoms with Crippen molar-refractivity contribution in [3.8, 4) is 0 Å². The molecule has 0 rings (SSSR count). The maximum atomic E-state index is 11.3. The predicted octanol–water partition coefficient (Wildman–Crippen LogP) is 2.22. The number of carbonyl (C=O) groups is 2. The van der Waals surface area contributed by atoms with Gasteiger partial charge in [-0.1, -0.05) is 33.9 Å². The molecule has 0 aliphatic heterocycles. The van der Waals surface area contributed by atoms with Crippen molar-refractivity contribution in [2.45, 2.75) is 33.5 Å². The van der Waals surface area contributed by atoms with Crippen LogP contribution in [-0.4, -0.2) is 31.4 Å². The summed E-state index contributed by atoms with van der Waals surface area (Å²) in [4.78, 5) is 22.4. The Balaban J connectivity index is 4.67. The Hall–Kier alpha value is -1.62. The topological polar surface area (TPSA) is 61.8 Å². The van der Waals surface area contributed by atoms with E-state index >= 15 is 0 Å². The molecule has 0 aromatic carbocycles. The van der Waals surface area contributed by atoms with Crippen molar-refractivity contribution in [1.82, 2.24) is 0 Å². The van der Waals surface area contributed by atoms with Gasteiger partial charge < -0.3 is 14.2 Å². The van der Waals surface area contributed by atoms with E-state index in [1.807, 2.05) is 6.92 Å². The lowest BCUT2D eigenvalue weighted by atomic mass is 9.93. The van der Waals surface area contributed by atoms with Crippen molar-refractivity contribution in [2.24, 2.45) is 5.41 Å². The average Bonchev–Trinajstić information content (AvgIpc) is 2.40. The molecule has 0 saturated heterocycles. The van der Waals surface area contributed by atoms with Crippen LogP contribution in [0.15, 0.2) is 25.3 Å². The van der Waals surface area contributed by atoms with Crippen LogP contribution in [0.5, 0.6) is 0 Å². The SMILES string of the molecule is C=CC(=O)OCC(C)(C)C(OCCC)OC(=O)C=C. The predicted molar refractivity (Wildman–Crippen MR) is 71.3 cm³/mol. The molecule has 0 spiro atoms. The van der Waals surface area contributed by atoms with Crippen molar-refractivity contribution in [3.63, 3.8) is 0 Å². The van der Waals surface area contributed by atoms with Crippen molar-refractivity contribution in [3.05, 3.63) is 25.3 Å². The molecule has 5 heteroatoms. The number of ether oxygens (including phenoxy) is 3. The Labute approximate surface area is 114 Å². The standard InChI is InChI=1S/C14H22O5/c1-6-9-17-13(19-12(16)8-3)14(4,5)10-18-11(15)7-2/h7-8,13H,2-3,6,9-10H2,1,4-5H3. The molecule has 5 nitrogen and oxygen atoms in total. The van der Waals surface area contributed by atoms with Gasteiger partial charge in [-0.3, -0.25) is 0 Å². The molecule has 19 heavy (non-hydrogen) atoms. The Morgan fingerprint density at radius 3 is 2.26 bits per heavy atom. The molecule has 1 atom stereocenters. The molecule has 0 aromatic rings. The van der Waals surface area contributed by atoms with Gasteiger partial charge in [0.25, 0.3) is 0 Å². The minimum atomic E-state index is -0.810. The van der Waals surface area contributed by atoms with Crippen LogP contribution in [0.25, 0.3) is 0 Å². The highest BCUT2D eigenvalue weighted by molar-refractivity contribution is 5.81. The molecule has 0 bridgehead atoms. The summed E-state index contributed by atoms with van der Waals surface area (Å²) in [5.74, 6) is -1.11. The van der Waals surface area contributed by atoms with E-state index in [0.717, 1.165) is 18.6 Å². The normalized spacial score (nSPS) is 12.4. The molecule has 108 valence electrons. The Morgan fingerprint density at radius 1 is 1.21 bits per heavy atom. The summed E-state index contributed by atoms with van der Waals surface area (Å²) in [5, 5.41) is 0. The maximum absolute atomic E-state index is 11.3. The zero-order valence-corrected chi connectivity index (χ0v) is 11.8. The third-order valence-corrected chi connectivity index (χ3v) is 2.25. The van der Waals surface area contributed by atoms with Crippen molar-refractivity contribution < 1.29 is 23.8 Å². The van der Waals surface area contributed by atoms with Gasteiger partial charge in [0.1, 0.15) is 6.61 Å². The van der Waals surface area contributed by atoms with Crippen LogP contribution >= 0.6 is 0 Å². The highest BCUT2D eigenvalue weighted by atomic mass is 16.7. The third kappa shape index (κ3) is 6.76. The van der Waals surface area contributed by atoms with E-state index in [2.05, 4.69) is 13.2 Å². The molecule has 0 N–H and O–H groups in total. The Kier molecular flexibility index (Phi) is 7.75. The highest BCUT2D eigenvalue weighted by Crippen LogP contribution is 2.25. The molecule has 0 heterocycles. The fourth-order valence-corrected chi connectivity index (χ4v) is 1.18. The lowest BCUT2D eigenvalue weighted by Crippen LogP contribution is -2.40. The van der Waals surface area contributed by atoms with Crippen LogP contribution < -0.4 is 0 Å². The minimum Gasteiger partial charge on any atom is -0.462 e. The average molecular weight is 270 g/mol. The van der Waals surface area contributed by atoms with Crippen molar-refractivity contribution >= 4 is 11.9 Å². The first kappa shape index (κ1) is 17.4. The van der Waals surface area contributed by atoms with Crippen LogP contribution in [0.4, 0.5) is 0 Å². The van der Waals surface area contributed by atoms with Gasteiger partial charge in [0.2, 0.25) is 6.29 Å². The fourth-order valence-electron chi connectivity index (χ4n) is 1.18. The molecule has 0 aliphatic rings. The van der Waals surface area contributed by atoms with Gasteiger partial charge in [-0.2, -0.15) is 0 Å². The lowest BCUT2D eigenvalue weighted by molar-refractivity contribution is -0.209. The fraction of sp³-hybridized carbons (Fsp3) is 0.571. The van der Waals surface area contributed by atoms with Gasteiger partial charge in [0, 0.05) is 12.2 Å². The zero-order chi connectivity index (χ0) is 14.9. The summed E-state index contributed by atoms with van der Waals surface area (Å²) in [7, 11) is 0. The smallest absolute Gasteiger partial charge is 0.332 e. The van der Waals surface area contributed by atoms with E-state index in [4.69, 9.17) is 14.2 Å². The number of rotatable bonds is 9. The summed E-state index contributed by atoms with van der Waals surface area (Å²) < 4.78 is 15.6. The van der Waals surface area contributed by atoms with Gasteiger partial charge in [-0.05, 0) is 6.42 Å². The zero-order valence-electron chi connectivity index (χ0n) is 11.8.